The largest absolute Gasteiger partial charge is 0.465 e. The van der Waals surface area contributed by atoms with E-state index in [9.17, 15) is 18.0 Å². The SMILES string of the molecule is COC(=O)c1cccc(Nc2cccc(S(=O)(=O)NC(=O)c3cccnc3N3CCC(C)C3(C)C)n2)c1. The van der Waals surface area contributed by atoms with Gasteiger partial charge in [-0.25, -0.2) is 19.5 Å². The standard InChI is InChI=1S/C26H29N5O5S/c1-17-13-15-31(26(17,2)3)23-20(10-7-14-27-23)24(32)30-37(34,35)22-12-6-11-21(29-22)28-19-9-5-8-18(16-19)25(33)36-4/h5-12,14,16-17H,13,15H2,1-4H3,(H,28,29)(H,30,32). The van der Waals surface area contributed by atoms with Crippen LogP contribution in [-0.2, 0) is 14.8 Å². The molecule has 0 saturated carbocycles. The van der Waals surface area contributed by atoms with Crippen molar-refractivity contribution in [1.29, 1.82) is 0 Å². The number of carbonyl (C=O) groups excluding carboxylic acids is 2. The number of esters is 1. The fraction of sp³-hybridized carbons (Fsp3) is 0.308. The van der Waals surface area contributed by atoms with Crippen molar-refractivity contribution >= 4 is 39.2 Å². The molecule has 1 atom stereocenters. The van der Waals surface area contributed by atoms with Crippen molar-refractivity contribution in [3.8, 4) is 0 Å². The van der Waals surface area contributed by atoms with Gasteiger partial charge in [0.15, 0.2) is 5.03 Å². The summed E-state index contributed by atoms with van der Waals surface area (Å²) in [5.74, 6) is -0.255. The second-order valence-corrected chi connectivity index (χ2v) is 11.0. The summed E-state index contributed by atoms with van der Waals surface area (Å²) in [6, 6.07) is 14.0. The zero-order chi connectivity index (χ0) is 26.8. The number of aromatic nitrogens is 2. The zero-order valence-corrected chi connectivity index (χ0v) is 21.9. The molecule has 1 aliphatic heterocycles. The monoisotopic (exact) mass is 523 g/mol. The highest BCUT2D eigenvalue weighted by Crippen LogP contribution is 2.38. The summed E-state index contributed by atoms with van der Waals surface area (Å²) >= 11 is 0. The van der Waals surface area contributed by atoms with E-state index in [2.05, 4.69) is 40.8 Å². The minimum atomic E-state index is -4.30. The van der Waals surface area contributed by atoms with Crippen molar-refractivity contribution in [1.82, 2.24) is 14.7 Å². The molecule has 3 aromatic rings. The Hall–Kier alpha value is -3.99. The van der Waals surface area contributed by atoms with E-state index in [4.69, 9.17) is 4.74 Å². The summed E-state index contributed by atoms with van der Waals surface area (Å²) in [6.07, 6.45) is 2.53. The fourth-order valence-corrected chi connectivity index (χ4v) is 5.19. The number of hydrogen-bond acceptors (Lipinski definition) is 9. The predicted molar refractivity (Wildman–Crippen MR) is 139 cm³/mol. The average molecular weight is 524 g/mol. The van der Waals surface area contributed by atoms with Crippen molar-refractivity contribution in [2.24, 2.45) is 5.92 Å². The second kappa shape index (κ2) is 10.2. The number of benzene rings is 1. The van der Waals surface area contributed by atoms with Crippen LogP contribution in [0.2, 0.25) is 0 Å². The van der Waals surface area contributed by atoms with Gasteiger partial charge in [0.1, 0.15) is 11.6 Å². The first kappa shape index (κ1) is 26.1. The molecule has 0 aliphatic carbocycles. The van der Waals surface area contributed by atoms with Crippen LogP contribution in [-0.4, -0.2) is 49.5 Å². The Bertz CT molecular complexity index is 1440. The molecule has 2 N–H and O–H groups in total. The first-order chi connectivity index (χ1) is 17.5. The second-order valence-electron chi connectivity index (χ2n) is 9.36. The Kier molecular flexibility index (Phi) is 7.17. The molecule has 1 unspecified atom stereocenters. The maximum absolute atomic E-state index is 13.2. The first-order valence-corrected chi connectivity index (χ1v) is 13.2. The van der Waals surface area contributed by atoms with Gasteiger partial charge in [0.25, 0.3) is 15.9 Å². The van der Waals surface area contributed by atoms with Gasteiger partial charge < -0.3 is 15.0 Å². The van der Waals surface area contributed by atoms with E-state index in [1.54, 1.807) is 48.7 Å². The van der Waals surface area contributed by atoms with Crippen molar-refractivity contribution in [3.05, 3.63) is 71.9 Å². The van der Waals surface area contributed by atoms with Gasteiger partial charge in [0.05, 0.1) is 18.2 Å². The van der Waals surface area contributed by atoms with Gasteiger partial charge in [-0.1, -0.05) is 19.1 Å². The topological polar surface area (TPSA) is 131 Å². The van der Waals surface area contributed by atoms with E-state index in [1.165, 1.54) is 19.2 Å². The highest BCUT2D eigenvalue weighted by molar-refractivity contribution is 7.90. The summed E-state index contributed by atoms with van der Waals surface area (Å²) in [6.45, 7) is 7.03. The number of rotatable bonds is 7. The molecule has 194 valence electrons. The molecule has 0 bridgehead atoms. The third kappa shape index (κ3) is 5.41. The van der Waals surface area contributed by atoms with E-state index >= 15 is 0 Å². The molecular formula is C26H29N5O5S. The molecular weight excluding hydrogens is 494 g/mol. The molecule has 3 heterocycles. The summed E-state index contributed by atoms with van der Waals surface area (Å²) in [7, 11) is -3.01. The zero-order valence-electron chi connectivity index (χ0n) is 21.1. The van der Waals surface area contributed by atoms with Gasteiger partial charge in [0, 0.05) is 24.0 Å². The highest BCUT2D eigenvalue weighted by atomic mass is 32.2. The van der Waals surface area contributed by atoms with Crippen molar-refractivity contribution < 1.29 is 22.7 Å². The van der Waals surface area contributed by atoms with Crippen LogP contribution >= 0.6 is 0 Å². The number of carbonyl (C=O) groups is 2. The van der Waals surface area contributed by atoms with Crippen LogP contribution in [0.15, 0.2) is 65.8 Å². The van der Waals surface area contributed by atoms with E-state index in [0.717, 1.165) is 6.42 Å². The summed E-state index contributed by atoms with van der Waals surface area (Å²) < 4.78 is 33.1. The molecule has 37 heavy (non-hydrogen) atoms. The number of ether oxygens (including phenoxy) is 1. The number of sulfonamides is 1. The minimum absolute atomic E-state index is 0.169. The van der Waals surface area contributed by atoms with Gasteiger partial charge in [-0.15, -0.1) is 0 Å². The van der Waals surface area contributed by atoms with E-state index in [1.807, 2.05) is 4.90 Å². The lowest BCUT2D eigenvalue weighted by atomic mass is 9.90. The Balaban J connectivity index is 1.56. The van der Waals surface area contributed by atoms with Crippen LogP contribution in [0, 0.1) is 5.92 Å². The first-order valence-electron chi connectivity index (χ1n) is 11.7. The molecule has 1 amide bonds. The van der Waals surface area contributed by atoms with Crippen LogP contribution in [0.4, 0.5) is 17.3 Å². The average Bonchev–Trinajstić information content (AvgIpc) is 3.15. The van der Waals surface area contributed by atoms with Crippen LogP contribution in [0.5, 0.6) is 0 Å². The lowest BCUT2D eigenvalue weighted by Gasteiger charge is -2.36. The molecule has 0 spiro atoms. The normalized spacial score (nSPS) is 16.8. The van der Waals surface area contributed by atoms with E-state index in [0.29, 0.717) is 29.5 Å². The minimum Gasteiger partial charge on any atom is -0.465 e. The number of nitrogens with one attached hydrogen (secondary N) is 2. The number of pyridine rings is 2. The molecule has 1 aromatic carbocycles. The van der Waals surface area contributed by atoms with Gasteiger partial charge in [-0.2, -0.15) is 8.42 Å². The van der Waals surface area contributed by atoms with Gasteiger partial charge in [0.2, 0.25) is 0 Å². The maximum Gasteiger partial charge on any atom is 0.337 e. The van der Waals surface area contributed by atoms with Crippen LogP contribution in [0.1, 0.15) is 47.9 Å². The molecule has 10 nitrogen and oxygen atoms in total. The van der Waals surface area contributed by atoms with Gasteiger partial charge in [-0.05, 0) is 68.7 Å². The van der Waals surface area contributed by atoms with Crippen LogP contribution in [0.25, 0.3) is 0 Å². The van der Waals surface area contributed by atoms with E-state index < -0.39 is 21.9 Å². The van der Waals surface area contributed by atoms with Crippen LogP contribution < -0.4 is 14.9 Å². The lowest BCUT2D eigenvalue weighted by Crippen LogP contribution is -2.43. The van der Waals surface area contributed by atoms with E-state index in [-0.39, 0.29) is 21.9 Å². The van der Waals surface area contributed by atoms with Gasteiger partial charge >= 0.3 is 5.97 Å². The Morgan fingerprint density at radius 1 is 1.11 bits per heavy atom. The quantitative estimate of drug-likeness (QED) is 0.445. The third-order valence-corrected chi connectivity index (χ3v) is 7.99. The third-order valence-electron chi connectivity index (χ3n) is 6.76. The number of amides is 1. The molecule has 11 heteroatoms. The summed E-state index contributed by atoms with van der Waals surface area (Å²) in [5.41, 5.74) is 0.764. The Labute approximate surface area is 216 Å². The molecule has 1 fully saturated rings. The van der Waals surface area contributed by atoms with Crippen molar-refractivity contribution in [2.45, 2.75) is 37.8 Å². The molecule has 0 radical (unpaired) electrons. The Morgan fingerprint density at radius 3 is 2.57 bits per heavy atom. The number of methoxy groups -OCH3 is 1. The lowest BCUT2D eigenvalue weighted by molar-refractivity contribution is 0.0600. The smallest absolute Gasteiger partial charge is 0.337 e. The molecule has 1 aliphatic rings. The van der Waals surface area contributed by atoms with Crippen LogP contribution in [0.3, 0.4) is 0 Å². The van der Waals surface area contributed by atoms with Gasteiger partial charge in [-0.3, -0.25) is 4.79 Å². The van der Waals surface area contributed by atoms with Crippen molar-refractivity contribution in [2.75, 3.05) is 23.9 Å². The Morgan fingerprint density at radius 2 is 1.86 bits per heavy atom. The fourth-order valence-electron chi connectivity index (χ4n) is 4.25. The number of hydrogen-bond donors (Lipinski definition) is 2. The number of nitrogens with zero attached hydrogens (tertiary/aromatic N) is 3. The predicted octanol–water partition coefficient (Wildman–Crippen LogP) is 3.75. The number of anilines is 3. The highest BCUT2D eigenvalue weighted by Gasteiger charge is 2.40. The molecule has 4 rings (SSSR count). The molecule has 2 aromatic heterocycles. The van der Waals surface area contributed by atoms with Crippen molar-refractivity contribution in [3.63, 3.8) is 0 Å². The molecule has 1 saturated heterocycles. The maximum atomic E-state index is 13.2. The summed E-state index contributed by atoms with van der Waals surface area (Å²) in [4.78, 5) is 35.6. The summed E-state index contributed by atoms with van der Waals surface area (Å²) in [5, 5.41) is 2.63.